The Balaban J connectivity index is 2.78. The fourth-order valence-corrected chi connectivity index (χ4v) is 3.86. The summed E-state index contributed by atoms with van der Waals surface area (Å²) in [6, 6.07) is 5.72. The number of ether oxygens (including phenoxy) is 1. The van der Waals surface area contributed by atoms with Gasteiger partial charge in [0.05, 0.1) is 18.1 Å². The highest BCUT2D eigenvalue weighted by Gasteiger charge is 2.18. The van der Waals surface area contributed by atoms with Gasteiger partial charge in [-0.15, -0.1) is 0 Å². The summed E-state index contributed by atoms with van der Waals surface area (Å²) in [6.07, 6.45) is 0. The fraction of sp³-hybridized carbons (Fsp3) is 0.571. The van der Waals surface area contributed by atoms with E-state index in [9.17, 15) is 8.42 Å². The summed E-state index contributed by atoms with van der Waals surface area (Å²) in [5.41, 5.74) is 3.03. The van der Waals surface area contributed by atoms with Gasteiger partial charge in [-0.2, -0.15) is 0 Å². The molecule has 0 saturated carbocycles. The van der Waals surface area contributed by atoms with Crippen molar-refractivity contribution in [1.29, 1.82) is 0 Å². The standard InChI is InChI=1S/C14H23NO3S/c1-11-5-12(2)7-13(6-11)9-19(16,17)10-14(15-3)8-18-4/h5-7,14-15H,8-10H2,1-4H3. The number of rotatable bonds is 7. The highest BCUT2D eigenvalue weighted by Crippen LogP contribution is 2.13. The number of methoxy groups -OCH3 is 1. The Kier molecular flexibility index (Phi) is 5.97. The molecular weight excluding hydrogens is 262 g/mol. The third-order valence-corrected chi connectivity index (χ3v) is 4.58. The molecule has 0 saturated heterocycles. The molecule has 1 aromatic carbocycles. The number of hydrogen-bond acceptors (Lipinski definition) is 4. The van der Waals surface area contributed by atoms with Crippen LogP contribution in [0.2, 0.25) is 0 Å². The Morgan fingerprint density at radius 1 is 1.21 bits per heavy atom. The van der Waals surface area contributed by atoms with E-state index in [1.807, 2.05) is 32.0 Å². The topological polar surface area (TPSA) is 55.4 Å². The Labute approximate surface area is 116 Å². The number of nitrogens with one attached hydrogen (secondary N) is 1. The largest absolute Gasteiger partial charge is 0.383 e. The van der Waals surface area contributed by atoms with Crippen molar-refractivity contribution in [3.05, 3.63) is 34.9 Å². The second-order valence-electron chi connectivity index (χ2n) is 4.99. The smallest absolute Gasteiger partial charge is 0.156 e. The van der Waals surface area contributed by atoms with Gasteiger partial charge in [0.15, 0.2) is 9.84 Å². The van der Waals surface area contributed by atoms with Crippen molar-refractivity contribution in [2.45, 2.75) is 25.6 Å². The molecule has 0 aliphatic heterocycles. The second kappa shape index (κ2) is 7.03. The third kappa shape index (κ3) is 5.72. The van der Waals surface area contributed by atoms with Gasteiger partial charge in [-0.3, -0.25) is 0 Å². The summed E-state index contributed by atoms with van der Waals surface area (Å²) in [5, 5.41) is 2.96. The van der Waals surface area contributed by atoms with Crippen LogP contribution in [0.1, 0.15) is 16.7 Å². The van der Waals surface area contributed by atoms with Gasteiger partial charge in [-0.25, -0.2) is 8.42 Å². The van der Waals surface area contributed by atoms with Crippen LogP contribution in [0.3, 0.4) is 0 Å². The maximum absolute atomic E-state index is 12.2. The molecule has 1 unspecified atom stereocenters. The van der Waals surface area contributed by atoms with Gasteiger partial charge >= 0.3 is 0 Å². The van der Waals surface area contributed by atoms with Crippen LogP contribution in [0, 0.1) is 13.8 Å². The summed E-state index contributed by atoms with van der Waals surface area (Å²) in [6.45, 7) is 4.34. The lowest BCUT2D eigenvalue weighted by Crippen LogP contribution is -2.37. The van der Waals surface area contributed by atoms with Crippen LogP contribution in [0.5, 0.6) is 0 Å². The normalized spacial score (nSPS) is 13.5. The molecule has 0 fully saturated rings. The van der Waals surface area contributed by atoms with Gasteiger partial charge in [0.1, 0.15) is 0 Å². The molecule has 0 amide bonds. The first-order valence-corrected chi connectivity index (χ1v) is 8.12. The molecule has 0 aliphatic carbocycles. The van der Waals surface area contributed by atoms with Crippen molar-refractivity contribution in [2.75, 3.05) is 26.5 Å². The maximum atomic E-state index is 12.2. The summed E-state index contributed by atoms with van der Waals surface area (Å²) in [7, 11) is 0.172. The van der Waals surface area contributed by atoms with Crippen LogP contribution >= 0.6 is 0 Å². The molecule has 0 bridgehead atoms. The molecule has 0 heterocycles. The van der Waals surface area contributed by atoms with Crippen molar-refractivity contribution >= 4 is 9.84 Å². The van der Waals surface area contributed by atoms with E-state index in [0.717, 1.165) is 16.7 Å². The Bertz CT molecular complexity index is 491. The van der Waals surface area contributed by atoms with Crippen molar-refractivity contribution in [1.82, 2.24) is 5.32 Å². The Morgan fingerprint density at radius 3 is 2.26 bits per heavy atom. The molecule has 0 spiro atoms. The average molecular weight is 285 g/mol. The van der Waals surface area contributed by atoms with E-state index in [0.29, 0.717) is 6.61 Å². The predicted molar refractivity (Wildman–Crippen MR) is 78.1 cm³/mol. The Hall–Kier alpha value is -0.910. The average Bonchev–Trinajstić information content (AvgIpc) is 2.25. The van der Waals surface area contributed by atoms with E-state index in [2.05, 4.69) is 5.32 Å². The van der Waals surface area contributed by atoms with Gasteiger partial charge in [0.25, 0.3) is 0 Å². The Morgan fingerprint density at radius 2 is 1.79 bits per heavy atom. The number of aryl methyl sites for hydroxylation is 2. The molecule has 0 radical (unpaired) electrons. The minimum absolute atomic E-state index is 0.0808. The second-order valence-corrected chi connectivity index (χ2v) is 7.10. The number of hydrogen-bond donors (Lipinski definition) is 1. The lowest BCUT2D eigenvalue weighted by atomic mass is 10.1. The van der Waals surface area contributed by atoms with Crippen LogP contribution in [-0.4, -0.2) is 41.0 Å². The predicted octanol–water partition coefficient (Wildman–Crippen LogP) is 1.45. The van der Waals surface area contributed by atoms with Crippen molar-refractivity contribution < 1.29 is 13.2 Å². The number of benzene rings is 1. The zero-order chi connectivity index (χ0) is 14.5. The molecule has 4 nitrogen and oxygen atoms in total. The van der Waals surface area contributed by atoms with Gasteiger partial charge in [-0.05, 0) is 26.5 Å². The maximum Gasteiger partial charge on any atom is 0.156 e. The highest BCUT2D eigenvalue weighted by atomic mass is 32.2. The summed E-state index contributed by atoms with van der Waals surface area (Å²) in [5.74, 6) is 0.168. The monoisotopic (exact) mass is 285 g/mol. The van der Waals surface area contributed by atoms with E-state index >= 15 is 0 Å². The lowest BCUT2D eigenvalue weighted by Gasteiger charge is -2.15. The molecule has 1 atom stereocenters. The first kappa shape index (κ1) is 16.1. The zero-order valence-corrected chi connectivity index (χ0v) is 12.9. The van der Waals surface area contributed by atoms with Crippen LogP contribution in [0.4, 0.5) is 0 Å². The van der Waals surface area contributed by atoms with Gasteiger partial charge in [-0.1, -0.05) is 29.3 Å². The fourth-order valence-electron chi connectivity index (χ4n) is 2.19. The number of sulfone groups is 1. The molecule has 1 aromatic rings. The van der Waals surface area contributed by atoms with E-state index in [1.165, 1.54) is 0 Å². The third-order valence-electron chi connectivity index (χ3n) is 2.90. The van der Waals surface area contributed by atoms with E-state index in [4.69, 9.17) is 4.74 Å². The summed E-state index contributed by atoms with van der Waals surface area (Å²) in [4.78, 5) is 0. The first-order chi connectivity index (χ1) is 8.86. The van der Waals surface area contributed by atoms with Crippen molar-refractivity contribution in [3.8, 4) is 0 Å². The quantitative estimate of drug-likeness (QED) is 0.824. The van der Waals surface area contributed by atoms with Crippen LogP contribution in [0.15, 0.2) is 18.2 Å². The zero-order valence-electron chi connectivity index (χ0n) is 12.1. The summed E-state index contributed by atoms with van der Waals surface area (Å²) < 4.78 is 29.3. The van der Waals surface area contributed by atoms with E-state index < -0.39 is 9.84 Å². The van der Waals surface area contributed by atoms with Gasteiger partial charge < -0.3 is 10.1 Å². The lowest BCUT2D eigenvalue weighted by molar-refractivity contribution is 0.176. The van der Waals surface area contributed by atoms with Gasteiger partial charge in [0, 0.05) is 13.2 Å². The summed E-state index contributed by atoms with van der Waals surface area (Å²) >= 11 is 0. The number of likely N-dealkylation sites (N-methyl/N-ethyl adjacent to an activating group) is 1. The van der Waals surface area contributed by atoms with E-state index in [1.54, 1.807) is 14.2 Å². The van der Waals surface area contributed by atoms with Crippen molar-refractivity contribution in [3.63, 3.8) is 0 Å². The molecule has 5 heteroatoms. The first-order valence-electron chi connectivity index (χ1n) is 6.30. The SMILES string of the molecule is CNC(COC)CS(=O)(=O)Cc1cc(C)cc(C)c1. The van der Waals surface area contributed by atoms with Crippen LogP contribution in [0.25, 0.3) is 0 Å². The van der Waals surface area contributed by atoms with Crippen LogP contribution < -0.4 is 5.32 Å². The molecule has 19 heavy (non-hydrogen) atoms. The highest BCUT2D eigenvalue weighted by molar-refractivity contribution is 7.90. The molecule has 108 valence electrons. The van der Waals surface area contributed by atoms with Crippen molar-refractivity contribution in [2.24, 2.45) is 0 Å². The van der Waals surface area contributed by atoms with Crippen LogP contribution in [-0.2, 0) is 20.3 Å². The minimum Gasteiger partial charge on any atom is -0.383 e. The minimum atomic E-state index is -3.14. The molecular formula is C14H23NO3S. The molecule has 0 aliphatic rings. The molecule has 1 rings (SSSR count). The molecule has 1 N–H and O–H groups in total. The van der Waals surface area contributed by atoms with E-state index in [-0.39, 0.29) is 17.5 Å². The molecule has 0 aromatic heterocycles. The van der Waals surface area contributed by atoms with Gasteiger partial charge in [0.2, 0.25) is 0 Å².